The highest BCUT2D eigenvalue weighted by Crippen LogP contribution is 2.19. The molecule has 0 saturated heterocycles. The van der Waals surface area contributed by atoms with Crippen LogP contribution in [0.25, 0.3) is 11.0 Å². The second-order valence-corrected chi connectivity index (χ2v) is 5.36. The number of aromatic nitrogens is 4. The molecule has 0 aliphatic heterocycles. The fraction of sp³-hybridized carbons (Fsp3) is 0.500. The van der Waals surface area contributed by atoms with Crippen LogP contribution in [0.4, 0.5) is 0 Å². The van der Waals surface area contributed by atoms with Gasteiger partial charge in [-0.15, -0.1) is 0 Å². The Morgan fingerprint density at radius 1 is 1.44 bits per heavy atom. The molecule has 0 aliphatic carbocycles. The first-order valence-corrected chi connectivity index (χ1v) is 6.03. The third-order valence-electron chi connectivity index (χ3n) is 2.35. The summed E-state index contributed by atoms with van der Waals surface area (Å²) in [5.74, 6) is 0.625. The van der Waals surface area contributed by atoms with Crippen molar-refractivity contribution in [3.63, 3.8) is 0 Å². The molecule has 2 aromatic rings. The Balaban J connectivity index is 2.76. The van der Waals surface area contributed by atoms with Crippen LogP contribution in [0.2, 0.25) is 0 Å². The molecule has 0 aliphatic rings. The van der Waals surface area contributed by atoms with Gasteiger partial charge in [0.25, 0.3) is 5.56 Å². The minimum atomic E-state index is -0.141. The lowest BCUT2D eigenvalue weighted by Gasteiger charge is -2.07. The molecule has 5 nitrogen and oxygen atoms in total. The van der Waals surface area contributed by atoms with E-state index in [0.29, 0.717) is 16.9 Å². The topological polar surface area (TPSA) is 63.6 Å². The van der Waals surface area contributed by atoms with Crippen LogP contribution in [0.15, 0.2) is 11.0 Å². The average Bonchev–Trinajstić information content (AvgIpc) is 2.61. The summed E-state index contributed by atoms with van der Waals surface area (Å²) < 4.78 is 1.75. The van der Waals surface area contributed by atoms with Gasteiger partial charge in [-0.05, 0) is 20.8 Å². The van der Waals surface area contributed by atoms with Gasteiger partial charge >= 0.3 is 0 Å². The van der Waals surface area contributed by atoms with Gasteiger partial charge in [-0.1, -0.05) is 15.9 Å². The monoisotopic (exact) mass is 284 g/mol. The summed E-state index contributed by atoms with van der Waals surface area (Å²) >= 11 is 3.39. The molecule has 0 saturated carbocycles. The Kier molecular flexibility index (Phi) is 2.84. The van der Waals surface area contributed by atoms with E-state index < -0.39 is 0 Å². The highest BCUT2D eigenvalue weighted by molar-refractivity contribution is 9.09. The van der Waals surface area contributed by atoms with Crippen molar-refractivity contribution in [3.05, 3.63) is 22.4 Å². The number of rotatable bonds is 2. The normalized spacial score (nSPS) is 13.6. The molecule has 1 N–H and O–H groups in total. The largest absolute Gasteiger partial charge is 0.309 e. The highest BCUT2D eigenvalue weighted by atomic mass is 79.9. The third-order valence-corrected chi connectivity index (χ3v) is 2.78. The summed E-state index contributed by atoms with van der Waals surface area (Å²) in [5.41, 5.74) is 0.498. The first kappa shape index (κ1) is 11.3. The molecule has 2 aromatic heterocycles. The van der Waals surface area contributed by atoms with E-state index >= 15 is 0 Å². The van der Waals surface area contributed by atoms with E-state index in [-0.39, 0.29) is 16.4 Å². The molecule has 0 radical (unpaired) electrons. The summed E-state index contributed by atoms with van der Waals surface area (Å²) in [6.45, 7) is 5.93. The highest BCUT2D eigenvalue weighted by Gasteiger charge is 2.13. The first-order chi connectivity index (χ1) is 7.50. The van der Waals surface area contributed by atoms with Gasteiger partial charge in [0.15, 0.2) is 5.65 Å². The second-order valence-electron chi connectivity index (χ2n) is 3.99. The van der Waals surface area contributed by atoms with E-state index in [0.717, 1.165) is 0 Å². The van der Waals surface area contributed by atoms with Crippen molar-refractivity contribution in [3.8, 4) is 0 Å². The lowest BCUT2D eigenvalue weighted by atomic mass is 10.3. The number of nitrogens with one attached hydrogen (secondary N) is 1. The first-order valence-electron chi connectivity index (χ1n) is 5.12. The van der Waals surface area contributed by atoms with E-state index in [9.17, 15) is 4.79 Å². The predicted molar refractivity (Wildman–Crippen MR) is 65.9 cm³/mol. The van der Waals surface area contributed by atoms with Crippen LogP contribution < -0.4 is 5.56 Å². The lowest BCUT2D eigenvalue weighted by molar-refractivity contribution is 0.545. The number of hydrogen-bond acceptors (Lipinski definition) is 3. The zero-order valence-corrected chi connectivity index (χ0v) is 10.9. The molecule has 0 amide bonds. The zero-order chi connectivity index (χ0) is 11.9. The maximum absolute atomic E-state index is 11.8. The third kappa shape index (κ3) is 1.77. The molecule has 16 heavy (non-hydrogen) atoms. The van der Waals surface area contributed by atoms with Gasteiger partial charge in [-0.3, -0.25) is 4.79 Å². The molecule has 2 rings (SSSR count). The molecule has 1 atom stereocenters. The van der Waals surface area contributed by atoms with Crippen molar-refractivity contribution in [2.24, 2.45) is 0 Å². The Hall–Kier alpha value is -1.17. The average molecular weight is 285 g/mol. The van der Waals surface area contributed by atoms with Gasteiger partial charge in [-0.25, -0.2) is 9.67 Å². The fourth-order valence-corrected chi connectivity index (χ4v) is 1.74. The summed E-state index contributed by atoms with van der Waals surface area (Å²) in [5, 5.41) is 4.71. The van der Waals surface area contributed by atoms with Crippen LogP contribution >= 0.6 is 15.9 Å². The van der Waals surface area contributed by atoms with E-state index in [2.05, 4.69) is 31.0 Å². The lowest BCUT2D eigenvalue weighted by Crippen LogP contribution is -2.13. The van der Waals surface area contributed by atoms with Crippen molar-refractivity contribution >= 4 is 27.0 Å². The SMILES string of the molecule is CC(Br)c1nc2c(cnn2C(C)C)c(=O)[nH]1. The summed E-state index contributed by atoms with van der Waals surface area (Å²) in [6, 6.07) is 0.185. The molecule has 0 fully saturated rings. The van der Waals surface area contributed by atoms with Gasteiger partial charge in [0.2, 0.25) is 0 Å². The molecule has 6 heteroatoms. The molecule has 2 heterocycles. The Bertz CT molecular complexity index is 570. The Labute approximate surface area is 101 Å². The number of H-pyrrole nitrogens is 1. The molecule has 86 valence electrons. The van der Waals surface area contributed by atoms with Crippen molar-refractivity contribution in [1.82, 2.24) is 19.7 Å². The fourth-order valence-electron chi connectivity index (χ4n) is 1.52. The van der Waals surface area contributed by atoms with Crippen molar-refractivity contribution in [2.45, 2.75) is 31.6 Å². The van der Waals surface area contributed by atoms with E-state index in [1.807, 2.05) is 20.8 Å². The number of hydrogen-bond donors (Lipinski definition) is 1. The Morgan fingerprint density at radius 2 is 2.12 bits per heavy atom. The molecule has 1 unspecified atom stereocenters. The van der Waals surface area contributed by atoms with Crippen LogP contribution in [-0.2, 0) is 0 Å². The zero-order valence-electron chi connectivity index (χ0n) is 9.36. The maximum Gasteiger partial charge on any atom is 0.262 e. The minimum absolute atomic E-state index is 0.0140. The molecule has 0 aromatic carbocycles. The standard InChI is InChI=1S/C10H13BrN4O/c1-5(2)15-9-7(4-12-15)10(16)14-8(13-9)6(3)11/h4-6H,1-3H3,(H,13,14,16). The van der Waals surface area contributed by atoms with E-state index in [4.69, 9.17) is 0 Å². The number of nitrogens with zero attached hydrogens (tertiary/aromatic N) is 3. The van der Waals surface area contributed by atoms with Crippen LogP contribution in [0.1, 0.15) is 37.5 Å². The summed E-state index contributed by atoms with van der Waals surface area (Å²) in [4.78, 5) is 18.9. The van der Waals surface area contributed by atoms with Gasteiger partial charge in [-0.2, -0.15) is 5.10 Å². The molecular weight excluding hydrogens is 272 g/mol. The quantitative estimate of drug-likeness (QED) is 0.860. The number of fused-ring (bicyclic) bond motifs is 1. The maximum atomic E-state index is 11.8. The second kappa shape index (κ2) is 4.01. The van der Waals surface area contributed by atoms with Crippen LogP contribution in [0.5, 0.6) is 0 Å². The van der Waals surface area contributed by atoms with Crippen LogP contribution in [-0.4, -0.2) is 19.7 Å². The number of alkyl halides is 1. The minimum Gasteiger partial charge on any atom is -0.309 e. The van der Waals surface area contributed by atoms with Crippen LogP contribution in [0.3, 0.4) is 0 Å². The predicted octanol–water partition coefficient (Wildman–Crippen LogP) is 2.16. The van der Waals surface area contributed by atoms with Gasteiger partial charge in [0.05, 0.1) is 11.0 Å². The van der Waals surface area contributed by atoms with Gasteiger partial charge in [0, 0.05) is 6.04 Å². The number of aromatic amines is 1. The van der Waals surface area contributed by atoms with Gasteiger partial charge < -0.3 is 4.98 Å². The smallest absolute Gasteiger partial charge is 0.262 e. The van der Waals surface area contributed by atoms with Crippen molar-refractivity contribution < 1.29 is 0 Å². The molecule has 0 bridgehead atoms. The summed E-state index contributed by atoms with van der Waals surface area (Å²) in [6.07, 6.45) is 1.56. The molecular formula is C10H13BrN4O. The Morgan fingerprint density at radius 3 is 2.69 bits per heavy atom. The van der Waals surface area contributed by atoms with Crippen molar-refractivity contribution in [1.29, 1.82) is 0 Å². The summed E-state index contributed by atoms with van der Waals surface area (Å²) in [7, 11) is 0. The van der Waals surface area contributed by atoms with E-state index in [1.165, 1.54) is 0 Å². The number of halogens is 1. The van der Waals surface area contributed by atoms with Gasteiger partial charge in [0.1, 0.15) is 11.2 Å². The van der Waals surface area contributed by atoms with Crippen molar-refractivity contribution in [2.75, 3.05) is 0 Å². The van der Waals surface area contributed by atoms with E-state index in [1.54, 1.807) is 10.9 Å². The molecule has 0 spiro atoms. The van der Waals surface area contributed by atoms with Crippen LogP contribution in [0, 0.1) is 0 Å².